The highest BCUT2D eigenvalue weighted by molar-refractivity contribution is 6.04. The minimum absolute atomic E-state index is 0.107. The zero-order chi connectivity index (χ0) is 11.6. The Kier molecular flexibility index (Phi) is 6.24. The molecule has 0 heterocycles. The van der Waals surface area contributed by atoms with Crippen LogP contribution in [-0.2, 0) is 0 Å². The van der Waals surface area contributed by atoms with Gasteiger partial charge in [-0.05, 0) is 18.9 Å². The van der Waals surface area contributed by atoms with Crippen LogP contribution in [0.5, 0.6) is 0 Å². The van der Waals surface area contributed by atoms with Crippen LogP contribution >= 0.6 is 0 Å². The Labute approximate surface area is 98.2 Å². The van der Waals surface area contributed by atoms with E-state index in [2.05, 4.69) is 6.92 Å². The Morgan fingerprint density at radius 3 is 2.56 bits per heavy atom. The van der Waals surface area contributed by atoms with E-state index in [0.717, 1.165) is 12.0 Å². The summed E-state index contributed by atoms with van der Waals surface area (Å²) in [4.78, 5) is 11.6. The smallest absolute Gasteiger partial charge is 0.185 e. The molecule has 0 atom stereocenters. The monoisotopic (exact) mass is 216 g/mol. The molecule has 0 bridgehead atoms. The van der Waals surface area contributed by atoms with Crippen molar-refractivity contribution in [3.8, 4) is 0 Å². The summed E-state index contributed by atoms with van der Waals surface area (Å²) in [6, 6.07) is 9.41. The summed E-state index contributed by atoms with van der Waals surface area (Å²) < 4.78 is 0. The van der Waals surface area contributed by atoms with Crippen molar-refractivity contribution in [2.75, 3.05) is 0 Å². The number of ketones is 1. The van der Waals surface area contributed by atoms with Crippen LogP contribution in [0, 0.1) is 0 Å². The molecule has 0 aliphatic heterocycles. The summed E-state index contributed by atoms with van der Waals surface area (Å²) in [5.41, 5.74) is 0.771. The van der Waals surface area contributed by atoms with E-state index in [1.165, 1.54) is 25.7 Å². The molecule has 0 aliphatic carbocycles. The first-order chi connectivity index (χ1) is 7.84. The molecule has 0 N–H and O–H groups in total. The van der Waals surface area contributed by atoms with E-state index in [-0.39, 0.29) is 5.78 Å². The Morgan fingerprint density at radius 2 is 1.88 bits per heavy atom. The van der Waals surface area contributed by atoms with Crippen LogP contribution in [0.15, 0.2) is 42.5 Å². The molecule has 0 fully saturated rings. The second-order valence-electron chi connectivity index (χ2n) is 3.98. The van der Waals surface area contributed by atoms with Gasteiger partial charge in [0.2, 0.25) is 0 Å². The van der Waals surface area contributed by atoms with Gasteiger partial charge in [0.15, 0.2) is 5.78 Å². The lowest BCUT2D eigenvalue weighted by Crippen LogP contribution is -1.92. The summed E-state index contributed by atoms with van der Waals surface area (Å²) in [6.07, 6.45) is 9.70. The molecule has 1 rings (SSSR count). The van der Waals surface area contributed by atoms with Crippen molar-refractivity contribution in [1.82, 2.24) is 0 Å². The molecule has 0 aromatic heterocycles. The molecule has 0 spiro atoms. The first-order valence-corrected chi connectivity index (χ1v) is 6.10. The minimum atomic E-state index is 0.107. The highest BCUT2D eigenvalue weighted by Crippen LogP contribution is 2.05. The Morgan fingerprint density at radius 1 is 1.12 bits per heavy atom. The number of carbonyl (C=O) groups is 1. The molecule has 1 aromatic rings. The molecular weight excluding hydrogens is 196 g/mol. The maximum atomic E-state index is 11.6. The summed E-state index contributed by atoms with van der Waals surface area (Å²) in [6.45, 7) is 2.20. The van der Waals surface area contributed by atoms with Gasteiger partial charge < -0.3 is 0 Å². The van der Waals surface area contributed by atoms with Gasteiger partial charge in [0.25, 0.3) is 0 Å². The molecule has 86 valence electrons. The predicted octanol–water partition coefficient (Wildman–Crippen LogP) is 4.40. The van der Waals surface area contributed by atoms with Crippen LogP contribution in [0.1, 0.15) is 49.4 Å². The molecule has 0 unspecified atom stereocenters. The van der Waals surface area contributed by atoms with E-state index < -0.39 is 0 Å². The van der Waals surface area contributed by atoms with Gasteiger partial charge in [-0.1, -0.05) is 62.6 Å². The third-order valence-corrected chi connectivity index (χ3v) is 2.55. The Bertz CT molecular complexity index is 325. The fourth-order valence-corrected chi connectivity index (χ4v) is 1.58. The van der Waals surface area contributed by atoms with Crippen molar-refractivity contribution in [1.29, 1.82) is 0 Å². The van der Waals surface area contributed by atoms with Gasteiger partial charge in [-0.3, -0.25) is 4.79 Å². The lowest BCUT2D eigenvalue weighted by atomic mass is 10.1. The van der Waals surface area contributed by atoms with Crippen molar-refractivity contribution >= 4 is 5.78 Å². The maximum absolute atomic E-state index is 11.6. The Balaban J connectivity index is 2.27. The van der Waals surface area contributed by atoms with Crippen molar-refractivity contribution < 1.29 is 4.79 Å². The van der Waals surface area contributed by atoms with Crippen LogP contribution < -0.4 is 0 Å². The molecule has 0 radical (unpaired) electrons. The molecule has 0 aliphatic rings. The third kappa shape index (κ3) is 4.92. The molecular formula is C15H20O. The van der Waals surface area contributed by atoms with E-state index in [4.69, 9.17) is 0 Å². The summed E-state index contributed by atoms with van der Waals surface area (Å²) in [5.74, 6) is 0.107. The van der Waals surface area contributed by atoms with Gasteiger partial charge in [0.05, 0.1) is 0 Å². The summed E-state index contributed by atoms with van der Waals surface area (Å²) in [5, 5.41) is 0. The maximum Gasteiger partial charge on any atom is 0.185 e. The van der Waals surface area contributed by atoms with E-state index in [1.54, 1.807) is 6.08 Å². The van der Waals surface area contributed by atoms with Gasteiger partial charge >= 0.3 is 0 Å². The van der Waals surface area contributed by atoms with E-state index in [0.29, 0.717) is 0 Å². The third-order valence-electron chi connectivity index (χ3n) is 2.55. The van der Waals surface area contributed by atoms with Gasteiger partial charge in [-0.15, -0.1) is 0 Å². The quantitative estimate of drug-likeness (QED) is 0.375. The van der Waals surface area contributed by atoms with E-state index in [9.17, 15) is 4.79 Å². The first kappa shape index (κ1) is 12.7. The van der Waals surface area contributed by atoms with Crippen molar-refractivity contribution in [3.05, 3.63) is 48.0 Å². The van der Waals surface area contributed by atoms with Crippen molar-refractivity contribution in [2.45, 2.75) is 39.0 Å². The van der Waals surface area contributed by atoms with Crippen LogP contribution in [0.4, 0.5) is 0 Å². The SMILES string of the molecule is CCCCCC/C=C/C(=O)c1ccccc1. The number of hydrogen-bond donors (Lipinski definition) is 0. The van der Waals surface area contributed by atoms with Crippen LogP contribution in [-0.4, -0.2) is 5.78 Å². The molecule has 16 heavy (non-hydrogen) atoms. The van der Waals surface area contributed by atoms with Gasteiger partial charge in [-0.2, -0.15) is 0 Å². The number of carbonyl (C=O) groups excluding carboxylic acids is 1. The van der Waals surface area contributed by atoms with E-state index >= 15 is 0 Å². The molecule has 0 saturated heterocycles. The highest BCUT2D eigenvalue weighted by atomic mass is 16.1. The molecule has 0 amide bonds. The number of hydrogen-bond acceptors (Lipinski definition) is 1. The van der Waals surface area contributed by atoms with Crippen LogP contribution in [0.3, 0.4) is 0 Å². The second-order valence-corrected chi connectivity index (χ2v) is 3.98. The topological polar surface area (TPSA) is 17.1 Å². The van der Waals surface area contributed by atoms with Crippen LogP contribution in [0.25, 0.3) is 0 Å². The summed E-state index contributed by atoms with van der Waals surface area (Å²) >= 11 is 0. The molecule has 1 aromatic carbocycles. The standard InChI is InChI=1S/C15H20O/c1-2-3-4-5-6-10-13-15(16)14-11-8-7-9-12-14/h7-13H,2-6H2,1H3/b13-10+. The zero-order valence-corrected chi connectivity index (χ0v) is 9.99. The largest absolute Gasteiger partial charge is 0.289 e. The predicted molar refractivity (Wildman–Crippen MR) is 68.7 cm³/mol. The van der Waals surface area contributed by atoms with Crippen LogP contribution in [0.2, 0.25) is 0 Å². The first-order valence-electron chi connectivity index (χ1n) is 6.10. The highest BCUT2D eigenvalue weighted by Gasteiger charge is 1.98. The summed E-state index contributed by atoms with van der Waals surface area (Å²) in [7, 11) is 0. The molecule has 0 saturated carbocycles. The zero-order valence-electron chi connectivity index (χ0n) is 9.99. The van der Waals surface area contributed by atoms with Gasteiger partial charge in [0, 0.05) is 5.56 Å². The average molecular weight is 216 g/mol. The lowest BCUT2D eigenvalue weighted by molar-refractivity contribution is 0.104. The molecule has 1 heteroatoms. The van der Waals surface area contributed by atoms with E-state index in [1.807, 2.05) is 36.4 Å². The van der Waals surface area contributed by atoms with Gasteiger partial charge in [-0.25, -0.2) is 0 Å². The minimum Gasteiger partial charge on any atom is -0.289 e. The van der Waals surface area contributed by atoms with Crippen molar-refractivity contribution in [2.24, 2.45) is 0 Å². The number of rotatable bonds is 7. The number of unbranched alkanes of at least 4 members (excludes halogenated alkanes) is 4. The van der Waals surface area contributed by atoms with Gasteiger partial charge in [0.1, 0.15) is 0 Å². The number of benzene rings is 1. The second kappa shape index (κ2) is 7.86. The number of allylic oxidation sites excluding steroid dienone is 2. The normalized spacial score (nSPS) is 10.8. The fraction of sp³-hybridized carbons (Fsp3) is 0.400. The lowest BCUT2D eigenvalue weighted by Gasteiger charge is -1.95. The van der Waals surface area contributed by atoms with Crippen molar-refractivity contribution in [3.63, 3.8) is 0 Å². The Hall–Kier alpha value is -1.37. The fourth-order valence-electron chi connectivity index (χ4n) is 1.58. The average Bonchev–Trinajstić information content (AvgIpc) is 2.34. The molecule has 1 nitrogen and oxygen atoms in total.